The van der Waals surface area contributed by atoms with Crippen molar-refractivity contribution < 1.29 is 23.1 Å². The SMILES string of the molecule is Cc1ccccc1C(CC(=O)O)NC(=O)c1nn(C)cc1NS(C)(=O)=O.c1cc2ccc1-2. The minimum absolute atomic E-state index is 0.0198. The second-order valence-corrected chi connectivity index (χ2v) is 9.25. The Morgan fingerprint density at radius 3 is 2.16 bits per heavy atom. The van der Waals surface area contributed by atoms with Crippen molar-refractivity contribution >= 4 is 27.6 Å². The molecule has 1 unspecified atom stereocenters. The molecule has 3 N–H and O–H groups in total. The first-order valence-electron chi connectivity index (χ1n) is 9.73. The zero-order valence-corrected chi connectivity index (χ0v) is 18.7. The molecular weight excluding hydrogens is 432 g/mol. The number of anilines is 1. The molecule has 9 nitrogen and oxygen atoms in total. The molecule has 0 fully saturated rings. The van der Waals surface area contributed by atoms with Crippen molar-refractivity contribution in [3.63, 3.8) is 0 Å². The summed E-state index contributed by atoms with van der Waals surface area (Å²) in [4.78, 5) is 23.8. The number of aryl methyl sites for hydroxylation is 2. The highest BCUT2D eigenvalue weighted by molar-refractivity contribution is 7.92. The summed E-state index contributed by atoms with van der Waals surface area (Å²) in [7, 11) is -2.06. The van der Waals surface area contributed by atoms with Crippen LogP contribution < -0.4 is 10.0 Å². The van der Waals surface area contributed by atoms with Crippen molar-refractivity contribution in [1.29, 1.82) is 0 Å². The molecule has 2 aromatic rings. The normalized spacial score (nSPS) is 12.2. The summed E-state index contributed by atoms with van der Waals surface area (Å²) in [5.74, 6) is -1.75. The summed E-state index contributed by atoms with van der Waals surface area (Å²) in [6.45, 7) is 1.81. The molecule has 0 spiro atoms. The van der Waals surface area contributed by atoms with E-state index in [1.807, 2.05) is 19.1 Å². The van der Waals surface area contributed by atoms with Crippen LogP contribution in [0.2, 0.25) is 0 Å². The van der Waals surface area contributed by atoms with Gasteiger partial charge >= 0.3 is 5.97 Å². The Morgan fingerprint density at radius 2 is 1.69 bits per heavy atom. The number of benzene rings is 2. The minimum Gasteiger partial charge on any atom is -0.481 e. The van der Waals surface area contributed by atoms with E-state index in [1.54, 1.807) is 19.2 Å². The number of nitrogens with zero attached hydrogens (tertiary/aromatic N) is 2. The number of nitrogens with one attached hydrogen (secondary N) is 2. The van der Waals surface area contributed by atoms with E-state index in [2.05, 4.69) is 39.4 Å². The van der Waals surface area contributed by atoms with Gasteiger partial charge in [0, 0.05) is 13.2 Å². The van der Waals surface area contributed by atoms with Crippen LogP contribution in [0.3, 0.4) is 0 Å². The molecule has 0 aliphatic heterocycles. The van der Waals surface area contributed by atoms with Gasteiger partial charge in [0.15, 0.2) is 5.69 Å². The summed E-state index contributed by atoms with van der Waals surface area (Å²) in [5.41, 5.74) is 4.23. The van der Waals surface area contributed by atoms with E-state index in [0.717, 1.165) is 11.8 Å². The fourth-order valence-corrected chi connectivity index (χ4v) is 3.76. The summed E-state index contributed by atoms with van der Waals surface area (Å²) in [6.07, 6.45) is 2.00. The van der Waals surface area contributed by atoms with Gasteiger partial charge in [-0.15, -0.1) is 0 Å². The van der Waals surface area contributed by atoms with Crippen molar-refractivity contribution in [2.75, 3.05) is 11.0 Å². The maximum absolute atomic E-state index is 12.6. The minimum atomic E-state index is -3.60. The van der Waals surface area contributed by atoms with E-state index < -0.39 is 27.9 Å². The average Bonchev–Trinajstić information content (AvgIpc) is 3.03. The molecule has 0 saturated heterocycles. The summed E-state index contributed by atoms with van der Waals surface area (Å²) >= 11 is 0. The topological polar surface area (TPSA) is 130 Å². The Morgan fingerprint density at radius 1 is 1.09 bits per heavy atom. The van der Waals surface area contributed by atoms with E-state index >= 15 is 0 Å². The molecule has 4 rings (SSSR count). The van der Waals surface area contributed by atoms with E-state index in [9.17, 15) is 18.0 Å². The molecule has 168 valence electrons. The van der Waals surface area contributed by atoms with Gasteiger partial charge in [-0.2, -0.15) is 5.10 Å². The quantitative estimate of drug-likeness (QED) is 0.392. The number of carboxylic acids is 1. The predicted octanol–water partition coefficient (Wildman–Crippen LogP) is 2.71. The van der Waals surface area contributed by atoms with Crippen molar-refractivity contribution in [2.24, 2.45) is 7.05 Å². The molecule has 32 heavy (non-hydrogen) atoms. The van der Waals surface area contributed by atoms with Crippen LogP contribution in [-0.4, -0.2) is 41.4 Å². The van der Waals surface area contributed by atoms with Gasteiger partial charge in [-0.3, -0.25) is 19.0 Å². The highest BCUT2D eigenvalue weighted by Gasteiger charge is 2.24. The molecule has 1 amide bonds. The largest absolute Gasteiger partial charge is 0.481 e. The Hall–Kier alpha value is -3.66. The van der Waals surface area contributed by atoms with Gasteiger partial charge in [0.05, 0.1) is 24.4 Å². The number of aliphatic carboxylic acids is 1. The lowest BCUT2D eigenvalue weighted by atomic mass is 9.95. The van der Waals surface area contributed by atoms with Gasteiger partial charge in [-0.1, -0.05) is 48.5 Å². The number of aromatic nitrogens is 2. The summed E-state index contributed by atoms with van der Waals surface area (Å²) in [5, 5.41) is 15.8. The van der Waals surface area contributed by atoms with Crippen molar-refractivity contribution in [1.82, 2.24) is 15.1 Å². The molecule has 1 aromatic heterocycles. The highest BCUT2D eigenvalue weighted by Crippen LogP contribution is 2.29. The maximum atomic E-state index is 12.6. The first-order valence-corrected chi connectivity index (χ1v) is 11.6. The summed E-state index contributed by atoms with van der Waals surface area (Å²) in [6, 6.07) is 14.8. The standard InChI is InChI=1S/C16H20N4O5S.C6H4/c1-10-6-4-5-7-11(10)12(8-14(21)22)17-16(23)15-13(9-20(2)18-15)19-26(3,24)25;1-2-6-4-3-5(1)6/h4-7,9,12,19H,8H2,1-3H3,(H,17,23)(H,21,22);1-4H. The Balaban J connectivity index is 0.000000405. The number of sulfonamides is 1. The molecule has 1 heterocycles. The van der Waals surface area contributed by atoms with Crippen LogP contribution in [0.5, 0.6) is 0 Å². The molecule has 0 radical (unpaired) electrons. The van der Waals surface area contributed by atoms with Gasteiger partial charge in [-0.25, -0.2) is 8.42 Å². The number of carboxylic acid groups (broad SMARTS) is 1. The van der Waals surface area contributed by atoms with Gasteiger partial charge in [0.25, 0.3) is 5.91 Å². The van der Waals surface area contributed by atoms with Gasteiger partial charge in [0.1, 0.15) is 0 Å². The molecule has 1 aromatic carbocycles. The zero-order valence-electron chi connectivity index (χ0n) is 17.9. The second-order valence-electron chi connectivity index (χ2n) is 7.50. The third-order valence-electron chi connectivity index (χ3n) is 4.81. The van der Waals surface area contributed by atoms with Crippen LogP contribution in [0.15, 0.2) is 54.7 Å². The number of rotatable bonds is 7. The lowest BCUT2D eigenvalue weighted by Gasteiger charge is -2.19. The smallest absolute Gasteiger partial charge is 0.305 e. The molecule has 2 aliphatic rings. The number of carbonyl (C=O) groups is 2. The van der Waals surface area contributed by atoms with Gasteiger partial charge < -0.3 is 10.4 Å². The number of carbonyl (C=O) groups excluding carboxylic acids is 1. The van der Waals surface area contributed by atoms with Gasteiger partial charge in [0.2, 0.25) is 10.0 Å². The van der Waals surface area contributed by atoms with Crippen LogP contribution >= 0.6 is 0 Å². The lowest BCUT2D eigenvalue weighted by Crippen LogP contribution is -2.31. The summed E-state index contributed by atoms with van der Waals surface area (Å²) < 4.78 is 26.4. The number of fused-ring (bicyclic) bond motifs is 1. The molecule has 0 saturated carbocycles. The third-order valence-corrected chi connectivity index (χ3v) is 5.40. The fraction of sp³-hybridized carbons (Fsp3) is 0.227. The van der Waals surface area contributed by atoms with Crippen LogP contribution in [-0.2, 0) is 21.9 Å². The molecule has 2 aliphatic carbocycles. The number of hydrogen-bond acceptors (Lipinski definition) is 5. The Bertz CT molecular complexity index is 1230. The van der Waals surface area contributed by atoms with Crippen LogP contribution in [0.4, 0.5) is 5.69 Å². The van der Waals surface area contributed by atoms with Crippen molar-refractivity contribution in [3.8, 4) is 11.1 Å². The first kappa shape index (κ1) is 23.0. The van der Waals surface area contributed by atoms with E-state index in [1.165, 1.54) is 22.0 Å². The Labute approximate surface area is 186 Å². The maximum Gasteiger partial charge on any atom is 0.305 e. The van der Waals surface area contributed by atoms with Crippen LogP contribution in [0.25, 0.3) is 11.1 Å². The average molecular weight is 457 g/mol. The first-order chi connectivity index (χ1) is 15.0. The van der Waals surface area contributed by atoms with E-state index in [0.29, 0.717) is 5.56 Å². The highest BCUT2D eigenvalue weighted by atomic mass is 32.2. The van der Waals surface area contributed by atoms with Crippen molar-refractivity contribution in [2.45, 2.75) is 19.4 Å². The molecule has 0 bridgehead atoms. The number of amides is 1. The Kier molecular flexibility index (Phi) is 6.64. The van der Waals surface area contributed by atoms with E-state index in [4.69, 9.17) is 5.11 Å². The van der Waals surface area contributed by atoms with Gasteiger partial charge in [-0.05, 0) is 29.2 Å². The van der Waals surface area contributed by atoms with Crippen LogP contribution in [0, 0.1) is 6.92 Å². The van der Waals surface area contributed by atoms with E-state index in [-0.39, 0.29) is 17.8 Å². The van der Waals surface area contributed by atoms with Crippen LogP contribution in [0.1, 0.15) is 34.1 Å². The number of hydrogen-bond donors (Lipinski definition) is 3. The molecule has 10 heteroatoms. The third kappa shape index (κ3) is 5.73. The fourth-order valence-electron chi connectivity index (χ4n) is 3.21. The molecule has 1 atom stereocenters. The molecular formula is C22H24N4O5S. The van der Waals surface area contributed by atoms with Crippen molar-refractivity contribution in [3.05, 3.63) is 71.5 Å². The lowest BCUT2D eigenvalue weighted by molar-refractivity contribution is -0.137. The second kappa shape index (κ2) is 9.23. The monoisotopic (exact) mass is 456 g/mol. The zero-order chi connectivity index (χ0) is 23.5. The predicted molar refractivity (Wildman–Crippen MR) is 121 cm³/mol.